The molecule has 1 fully saturated rings. The lowest BCUT2D eigenvalue weighted by Crippen LogP contribution is -2.44. The van der Waals surface area contributed by atoms with Crippen LogP contribution in [0.5, 0.6) is 0 Å². The molecule has 1 aliphatic rings. The number of carbonyl (C=O) groups excluding carboxylic acids is 1. The Morgan fingerprint density at radius 1 is 1.27 bits per heavy atom. The number of benzene rings is 1. The fourth-order valence-corrected chi connectivity index (χ4v) is 2.87. The summed E-state index contributed by atoms with van der Waals surface area (Å²) < 4.78 is 5.30. The van der Waals surface area contributed by atoms with E-state index in [9.17, 15) is 9.59 Å². The molecule has 0 bridgehead atoms. The third-order valence-electron chi connectivity index (χ3n) is 3.64. The summed E-state index contributed by atoms with van der Waals surface area (Å²) in [6.07, 6.45) is 1.26. The van der Waals surface area contributed by atoms with Gasteiger partial charge in [0.2, 0.25) is 0 Å². The largest absolute Gasteiger partial charge is 0.481 e. The highest BCUT2D eigenvalue weighted by atomic mass is 35.5. The van der Waals surface area contributed by atoms with E-state index in [4.69, 9.17) is 33.0 Å². The molecule has 1 saturated heterocycles. The Bertz CT molecular complexity index is 558. The third-order valence-corrected chi connectivity index (χ3v) is 4.46. The number of aliphatic carboxylic acids is 1. The molecule has 7 heteroatoms. The van der Waals surface area contributed by atoms with Crippen molar-refractivity contribution < 1.29 is 19.4 Å². The molecular weight excluding hydrogens is 329 g/mol. The van der Waals surface area contributed by atoms with Gasteiger partial charge in [0.25, 0.3) is 5.91 Å². The summed E-state index contributed by atoms with van der Waals surface area (Å²) in [6.45, 7) is 1.26. The van der Waals surface area contributed by atoms with Gasteiger partial charge in [0.15, 0.2) is 0 Å². The second kappa shape index (κ2) is 7.81. The maximum absolute atomic E-state index is 12.8. The van der Waals surface area contributed by atoms with Crippen molar-refractivity contribution in [1.29, 1.82) is 0 Å². The van der Waals surface area contributed by atoms with Gasteiger partial charge in [-0.05, 0) is 25.0 Å². The molecule has 0 unspecified atom stereocenters. The van der Waals surface area contributed by atoms with Gasteiger partial charge in [-0.15, -0.1) is 0 Å². The molecule has 1 heterocycles. The number of nitrogens with zero attached hydrogens (tertiary/aromatic N) is 1. The number of hydrogen-bond donors (Lipinski definition) is 1. The van der Waals surface area contributed by atoms with Crippen molar-refractivity contribution in [1.82, 2.24) is 4.90 Å². The first-order valence-corrected chi connectivity index (χ1v) is 7.81. The van der Waals surface area contributed by atoms with Gasteiger partial charge in [-0.3, -0.25) is 9.59 Å². The second-order valence-corrected chi connectivity index (χ2v) is 5.87. The van der Waals surface area contributed by atoms with Crippen molar-refractivity contribution in [2.24, 2.45) is 0 Å². The monoisotopic (exact) mass is 345 g/mol. The first-order valence-electron chi connectivity index (χ1n) is 7.05. The molecule has 0 aromatic heterocycles. The summed E-state index contributed by atoms with van der Waals surface area (Å²) in [4.78, 5) is 25.2. The second-order valence-electron chi connectivity index (χ2n) is 5.09. The number of hydrogen-bond acceptors (Lipinski definition) is 3. The number of amides is 1. The fourth-order valence-electron chi connectivity index (χ4n) is 2.49. The van der Waals surface area contributed by atoms with Crippen LogP contribution in [0.15, 0.2) is 18.2 Å². The maximum Gasteiger partial charge on any atom is 0.305 e. The van der Waals surface area contributed by atoms with Gasteiger partial charge in [-0.1, -0.05) is 29.3 Å². The standard InChI is InChI=1S/C15H17Cl2NO4/c16-12-3-1-2-11(14(12)17)15(21)18(7-4-13(19)20)10-5-8-22-9-6-10/h1-3,10H,4-9H2,(H,19,20). The lowest BCUT2D eigenvalue weighted by Gasteiger charge is -2.34. The number of carbonyl (C=O) groups is 2. The first kappa shape index (κ1) is 17.1. The van der Waals surface area contributed by atoms with Gasteiger partial charge in [0, 0.05) is 25.8 Å². The van der Waals surface area contributed by atoms with E-state index >= 15 is 0 Å². The molecule has 1 aromatic rings. The van der Waals surface area contributed by atoms with Crippen molar-refractivity contribution in [3.63, 3.8) is 0 Å². The molecule has 0 saturated carbocycles. The van der Waals surface area contributed by atoms with Gasteiger partial charge in [0.05, 0.1) is 22.0 Å². The molecule has 2 rings (SSSR count). The maximum atomic E-state index is 12.8. The average molecular weight is 346 g/mol. The predicted molar refractivity (Wildman–Crippen MR) is 83.6 cm³/mol. The summed E-state index contributed by atoms with van der Waals surface area (Å²) >= 11 is 12.1. The van der Waals surface area contributed by atoms with Crippen LogP contribution in [0.25, 0.3) is 0 Å². The molecule has 1 amide bonds. The summed E-state index contributed by atoms with van der Waals surface area (Å²) in [6, 6.07) is 4.82. The van der Waals surface area contributed by atoms with Crippen LogP contribution in [-0.4, -0.2) is 47.7 Å². The number of rotatable bonds is 5. The van der Waals surface area contributed by atoms with Crippen molar-refractivity contribution in [2.45, 2.75) is 25.3 Å². The SMILES string of the molecule is O=C(O)CCN(C(=O)c1cccc(Cl)c1Cl)C1CCOCC1. The lowest BCUT2D eigenvalue weighted by molar-refractivity contribution is -0.137. The lowest BCUT2D eigenvalue weighted by atomic mass is 10.0. The van der Waals surface area contributed by atoms with Gasteiger partial charge in [0.1, 0.15) is 0 Å². The first-order chi connectivity index (χ1) is 10.5. The number of carboxylic acids is 1. The molecule has 5 nitrogen and oxygen atoms in total. The summed E-state index contributed by atoms with van der Waals surface area (Å²) in [5.74, 6) is -1.23. The molecular formula is C15H17Cl2NO4. The van der Waals surface area contributed by atoms with Crippen LogP contribution >= 0.6 is 23.2 Å². The van der Waals surface area contributed by atoms with Crippen molar-refractivity contribution in [3.05, 3.63) is 33.8 Å². The molecule has 1 N–H and O–H groups in total. The van der Waals surface area contributed by atoms with E-state index < -0.39 is 5.97 Å². The highest BCUT2D eigenvalue weighted by molar-refractivity contribution is 6.43. The Labute approximate surface area is 138 Å². The fraction of sp³-hybridized carbons (Fsp3) is 0.467. The van der Waals surface area contributed by atoms with Gasteiger partial charge >= 0.3 is 5.97 Å². The van der Waals surface area contributed by atoms with Crippen LogP contribution in [0.2, 0.25) is 10.0 Å². The number of ether oxygens (including phenoxy) is 1. The quantitative estimate of drug-likeness (QED) is 0.890. The minimum atomic E-state index is -0.943. The van der Waals surface area contributed by atoms with E-state index in [2.05, 4.69) is 0 Å². The van der Waals surface area contributed by atoms with Crippen LogP contribution < -0.4 is 0 Å². The van der Waals surface area contributed by atoms with Crippen LogP contribution in [0.4, 0.5) is 0 Å². The predicted octanol–water partition coefficient (Wildman–Crippen LogP) is 3.09. The van der Waals surface area contributed by atoms with Crippen LogP contribution in [-0.2, 0) is 9.53 Å². The molecule has 0 atom stereocenters. The number of halogens is 2. The highest BCUT2D eigenvalue weighted by Gasteiger charge is 2.28. The van der Waals surface area contributed by atoms with E-state index in [0.29, 0.717) is 36.6 Å². The van der Waals surface area contributed by atoms with Crippen LogP contribution in [0.3, 0.4) is 0 Å². The van der Waals surface area contributed by atoms with E-state index in [0.717, 1.165) is 0 Å². The zero-order chi connectivity index (χ0) is 16.1. The highest BCUT2D eigenvalue weighted by Crippen LogP contribution is 2.28. The minimum absolute atomic E-state index is 0.0457. The van der Waals surface area contributed by atoms with Crippen LogP contribution in [0.1, 0.15) is 29.6 Å². The molecule has 1 aromatic carbocycles. The number of carboxylic acid groups (broad SMARTS) is 1. The van der Waals surface area contributed by atoms with Crippen molar-refractivity contribution in [2.75, 3.05) is 19.8 Å². The Balaban J connectivity index is 2.24. The zero-order valence-electron chi connectivity index (χ0n) is 11.9. The van der Waals surface area contributed by atoms with E-state index in [1.54, 1.807) is 23.1 Å². The van der Waals surface area contributed by atoms with E-state index in [-0.39, 0.29) is 29.9 Å². The third kappa shape index (κ3) is 4.12. The summed E-state index contributed by atoms with van der Waals surface area (Å²) in [5.41, 5.74) is 0.297. The Kier molecular flexibility index (Phi) is 6.06. The smallest absolute Gasteiger partial charge is 0.305 e. The molecule has 120 valence electrons. The van der Waals surface area contributed by atoms with Gasteiger partial charge in [-0.25, -0.2) is 0 Å². The van der Waals surface area contributed by atoms with Gasteiger partial charge < -0.3 is 14.7 Å². The zero-order valence-corrected chi connectivity index (χ0v) is 13.4. The molecule has 0 spiro atoms. The van der Waals surface area contributed by atoms with E-state index in [1.165, 1.54) is 0 Å². The summed E-state index contributed by atoms with van der Waals surface area (Å²) in [7, 11) is 0. The van der Waals surface area contributed by atoms with Crippen LogP contribution in [0, 0.1) is 0 Å². The minimum Gasteiger partial charge on any atom is -0.481 e. The molecule has 22 heavy (non-hydrogen) atoms. The average Bonchev–Trinajstić information content (AvgIpc) is 2.51. The Morgan fingerprint density at radius 3 is 2.59 bits per heavy atom. The Hall–Kier alpha value is -1.30. The molecule has 0 radical (unpaired) electrons. The van der Waals surface area contributed by atoms with E-state index in [1.807, 2.05) is 0 Å². The molecule has 0 aliphatic carbocycles. The van der Waals surface area contributed by atoms with Gasteiger partial charge in [-0.2, -0.15) is 0 Å². The normalized spacial score (nSPS) is 15.5. The Morgan fingerprint density at radius 2 is 1.95 bits per heavy atom. The molecule has 1 aliphatic heterocycles. The van der Waals surface area contributed by atoms with Crippen molar-refractivity contribution in [3.8, 4) is 0 Å². The topological polar surface area (TPSA) is 66.8 Å². The summed E-state index contributed by atoms with van der Waals surface area (Å²) in [5, 5.41) is 9.40. The van der Waals surface area contributed by atoms with Crippen molar-refractivity contribution >= 4 is 35.1 Å².